The van der Waals surface area contributed by atoms with Gasteiger partial charge in [-0.05, 0) is 61.5 Å². The van der Waals surface area contributed by atoms with Gasteiger partial charge in [-0.15, -0.1) is 11.3 Å². The van der Waals surface area contributed by atoms with Crippen LogP contribution in [0.5, 0.6) is 0 Å². The fraction of sp³-hybridized carbons (Fsp3) is 0.292. The van der Waals surface area contributed by atoms with E-state index in [1.54, 1.807) is 37.3 Å². The molecule has 0 aliphatic carbocycles. The second kappa shape index (κ2) is 10.4. The normalized spacial score (nSPS) is 15.1. The number of esters is 1. The number of hydrogen-bond acceptors (Lipinski definition) is 7. The Kier molecular flexibility index (Phi) is 7.28. The quantitative estimate of drug-likeness (QED) is 0.336. The molecule has 1 aliphatic rings. The Bertz CT molecular complexity index is 1360. The molecule has 2 N–H and O–H groups in total. The van der Waals surface area contributed by atoms with Crippen molar-refractivity contribution in [1.29, 1.82) is 0 Å². The van der Waals surface area contributed by atoms with Gasteiger partial charge in [0, 0.05) is 28.9 Å². The number of hydrogen-bond donors (Lipinski definition) is 2. The number of carbonyl (C=O) groups is 2. The number of amides is 1. The maximum Gasteiger partial charge on any atom is 0.348 e. The van der Waals surface area contributed by atoms with Gasteiger partial charge in [0.15, 0.2) is 0 Å². The van der Waals surface area contributed by atoms with Crippen LogP contribution in [0.1, 0.15) is 47.8 Å². The van der Waals surface area contributed by atoms with Crippen LogP contribution >= 0.6 is 11.3 Å². The van der Waals surface area contributed by atoms with Crippen molar-refractivity contribution in [3.05, 3.63) is 59.0 Å². The molecule has 2 heterocycles. The Morgan fingerprint density at radius 2 is 1.91 bits per heavy atom. The van der Waals surface area contributed by atoms with Crippen molar-refractivity contribution in [3.8, 4) is 0 Å². The fourth-order valence-electron chi connectivity index (χ4n) is 3.66. The lowest BCUT2D eigenvalue weighted by atomic mass is 10.1. The minimum atomic E-state index is -3.52. The van der Waals surface area contributed by atoms with Gasteiger partial charge in [-0.1, -0.05) is 18.6 Å². The predicted molar refractivity (Wildman–Crippen MR) is 133 cm³/mol. The molecular formula is C24H25N3O5S2. The molecule has 1 aromatic heterocycles. The topological polar surface area (TPSA) is 114 Å². The molecule has 0 atom stereocenters. The van der Waals surface area contributed by atoms with Crippen molar-refractivity contribution >= 4 is 54.8 Å². The van der Waals surface area contributed by atoms with Gasteiger partial charge in [0.2, 0.25) is 5.91 Å². The van der Waals surface area contributed by atoms with E-state index in [-0.39, 0.29) is 16.8 Å². The number of benzene rings is 2. The molecule has 178 valence electrons. The van der Waals surface area contributed by atoms with Crippen molar-refractivity contribution in [1.82, 2.24) is 4.72 Å². The lowest BCUT2D eigenvalue weighted by Gasteiger charge is -2.05. The molecule has 0 fully saturated rings. The average Bonchev–Trinajstić information content (AvgIpc) is 3.35. The zero-order chi connectivity index (χ0) is 24.1. The molecule has 8 nitrogen and oxygen atoms in total. The molecule has 1 amide bonds. The molecule has 0 saturated heterocycles. The molecular weight excluding hydrogens is 474 g/mol. The Morgan fingerprint density at radius 1 is 1.09 bits per heavy atom. The molecule has 0 bridgehead atoms. The first kappa shape index (κ1) is 23.9. The Hall–Kier alpha value is -3.24. The Morgan fingerprint density at radius 3 is 2.74 bits per heavy atom. The van der Waals surface area contributed by atoms with Crippen LogP contribution in [0.25, 0.3) is 10.1 Å². The van der Waals surface area contributed by atoms with E-state index in [4.69, 9.17) is 4.74 Å². The molecule has 10 heteroatoms. The molecule has 0 spiro atoms. The van der Waals surface area contributed by atoms with Crippen molar-refractivity contribution in [2.24, 2.45) is 4.99 Å². The van der Waals surface area contributed by atoms with Crippen LogP contribution in [0.3, 0.4) is 0 Å². The molecule has 1 aliphatic heterocycles. The van der Waals surface area contributed by atoms with Gasteiger partial charge in [-0.3, -0.25) is 14.5 Å². The van der Waals surface area contributed by atoms with E-state index in [9.17, 15) is 18.0 Å². The smallest absolute Gasteiger partial charge is 0.348 e. The van der Waals surface area contributed by atoms with Gasteiger partial charge < -0.3 is 10.1 Å². The van der Waals surface area contributed by atoms with E-state index in [0.717, 1.165) is 22.9 Å². The maximum absolute atomic E-state index is 12.3. The largest absolute Gasteiger partial charge is 0.462 e. The molecule has 0 saturated carbocycles. The van der Waals surface area contributed by atoms with E-state index in [1.165, 1.54) is 11.3 Å². The standard InChI is InChI=1S/C24H25N3O5S2/c1-2-32-24(29)20-15-16-14-17(11-12-19(16)33-20)26-22(28)10-4-3-7-13-25-23-18-8-5-6-9-21(18)34(30,31)27-23/h5-6,8-9,11-12,14-15H,2-4,7,10,13H2,1H3,(H,25,27)(H,26,28). The summed E-state index contributed by atoms with van der Waals surface area (Å²) >= 11 is 1.36. The number of sulfonamides is 1. The number of thiophene rings is 1. The summed E-state index contributed by atoms with van der Waals surface area (Å²) < 4.78 is 32.7. The number of nitrogens with zero attached hydrogens (tertiary/aromatic N) is 1. The van der Waals surface area contributed by atoms with Crippen LogP contribution < -0.4 is 10.0 Å². The van der Waals surface area contributed by atoms with Crippen molar-refractivity contribution in [2.75, 3.05) is 18.5 Å². The van der Waals surface area contributed by atoms with Gasteiger partial charge in [-0.2, -0.15) is 0 Å². The number of amidine groups is 1. The van der Waals surface area contributed by atoms with Crippen LogP contribution in [-0.2, 0) is 19.6 Å². The third kappa shape index (κ3) is 5.45. The van der Waals surface area contributed by atoms with Gasteiger partial charge in [0.1, 0.15) is 10.7 Å². The Balaban J connectivity index is 1.22. The zero-order valence-corrected chi connectivity index (χ0v) is 20.3. The van der Waals surface area contributed by atoms with Gasteiger partial charge in [0.05, 0.1) is 11.5 Å². The summed E-state index contributed by atoms with van der Waals surface area (Å²) in [6.45, 7) is 2.57. The van der Waals surface area contributed by atoms with Crippen LogP contribution in [-0.4, -0.2) is 39.3 Å². The highest BCUT2D eigenvalue weighted by Gasteiger charge is 2.29. The monoisotopic (exact) mass is 499 g/mol. The van der Waals surface area contributed by atoms with E-state index in [1.807, 2.05) is 18.2 Å². The number of nitrogens with one attached hydrogen (secondary N) is 2. The van der Waals surface area contributed by atoms with Crippen LogP contribution in [0.15, 0.2) is 58.4 Å². The summed E-state index contributed by atoms with van der Waals surface area (Å²) in [4.78, 5) is 29.4. The number of fused-ring (bicyclic) bond motifs is 2. The zero-order valence-electron chi connectivity index (χ0n) is 18.7. The van der Waals surface area contributed by atoms with Crippen LogP contribution in [0, 0.1) is 0 Å². The fourth-order valence-corrected chi connectivity index (χ4v) is 5.85. The second-order valence-electron chi connectivity index (χ2n) is 7.77. The molecule has 0 radical (unpaired) electrons. The van der Waals surface area contributed by atoms with E-state index in [2.05, 4.69) is 15.0 Å². The first-order valence-electron chi connectivity index (χ1n) is 11.0. The van der Waals surface area contributed by atoms with Crippen LogP contribution in [0.2, 0.25) is 0 Å². The third-order valence-electron chi connectivity index (χ3n) is 5.27. The highest BCUT2D eigenvalue weighted by Crippen LogP contribution is 2.29. The van der Waals surface area contributed by atoms with E-state index in [0.29, 0.717) is 48.0 Å². The number of ether oxygens (including phenoxy) is 1. The van der Waals surface area contributed by atoms with Gasteiger partial charge in [-0.25, -0.2) is 13.2 Å². The summed E-state index contributed by atoms with van der Waals surface area (Å²) in [7, 11) is -3.52. The van der Waals surface area contributed by atoms with Gasteiger partial charge >= 0.3 is 5.97 Å². The van der Waals surface area contributed by atoms with Crippen molar-refractivity contribution < 1.29 is 22.7 Å². The number of aliphatic imine (C=N–C) groups is 1. The third-order valence-corrected chi connectivity index (χ3v) is 7.76. The maximum atomic E-state index is 12.3. The highest BCUT2D eigenvalue weighted by molar-refractivity contribution is 7.90. The first-order valence-corrected chi connectivity index (χ1v) is 13.3. The summed E-state index contributed by atoms with van der Waals surface area (Å²) in [5, 5.41) is 3.78. The second-order valence-corrected chi connectivity index (χ2v) is 10.5. The molecule has 0 unspecified atom stereocenters. The van der Waals surface area contributed by atoms with E-state index < -0.39 is 10.0 Å². The molecule has 34 heavy (non-hydrogen) atoms. The first-order chi connectivity index (χ1) is 16.4. The summed E-state index contributed by atoms with van der Waals surface area (Å²) in [5.41, 5.74) is 1.28. The Labute approximate surface area is 202 Å². The summed E-state index contributed by atoms with van der Waals surface area (Å²) in [5.74, 6) is -0.0405. The predicted octanol–water partition coefficient (Wildman–Crippen LogP) is 4.32. The lowest BCUT2D eigenvalue weighted by molar-refractivity contribution is -0.116. The minimum Gasteiger partial charge on any atom is -0.462 e. The lowest BCUT2D eigenvalue weighted by Crippen LogP contribution is -2.22. The van der Waals surface area contributed by atoms with Gasteiger partial charge in [0.25, 0.3) is 10.0 Å². The number of carbonyl (C=O) groups excluding carboxylic acids is 2. The SMILES string of the molecule is CCOC(=O)c1cc2cc(NC(=O)CCCCCN=C3NS(=O)(=O)c4ccccc43)ccc2s1. The highest BCUT2D eigenvalue weighted by atomic mass is 32.2. The molecule has 2 aromatic carbocycles. The number of anilines is 1. The van der Waals surface area contributed by atoms with Crippen molar-refractivity contribution in [3.63, 3.8) is 0 Å². The van der Waals surface area contributed by atoms with Crippen molar-refractivity contribution in [2.45, 2.75) is 37.5 Å². The minimum absolute atomic E-state index is 0.0796. The summed E-state index contributed by atoms with van der Waals surface area (Å²) in [6.07, 6.45) is 2.62. The number of rotatable bonds is 9. The molecule has 3 aromatic rings. The van der Waals surface area contributed by atoms with E-state index >= 15 is 0 Å². The summed E-state index contributed by atoms with van der Waals surface area (Å²) in [6, 6.07) is 14.1. The average molecular weight is 500 g/mol. The van der Waals surface area contributed by atoms with Crippen LogP contribution in [0.4, 0.5) is 5.69 Å². The molecule has 4 rings (SSSR count). The number of unbranched alkanes of at least 4 members (excludes halogenated alkanes) is 2.